The second-order valence-corrected chi connectivity index (χ2v) is 5.96. The fraction of sp³-hybridized carbons (Fsp3) is 0.0455. The van der Waals surface area contributed by atoms with Gasteiger partial charge in [-0.05, 0) is 22.6 Å². The van der Waals surface area contributed by atoms with Crippen molar-refractivity contribution in [3.63, 3.8) is 0 Å². The van der Waals surface area contributed by atoms with Crippen molar-refractivity contribution in [1.29, 1.82) is 0 Å². The van der Waals surface area contributed by atoms with Crippen molar-refractivity contribution in [2.75, 3.05) is 0 Å². The quantitative estimate of drug-likeness (QED) is 0.605. The molecule has 0 saturated heterocycles. The van der Waals surface area contributed by atoms with E-state index in [1.807, 2.05) is 54.7 Å². The van der Waals surface area contributed by atoms with E-state index < -0.39 is 5.54 Å². The molecular weight excluding hydrogens is 292 g/mol. The van der Waals surface area contributed by atoms with Crippen LogP contribution in [-0.4, -0.2) is 4.98 Å². The molecule has 24 heavy (non-hydrogen) atoms. The molecule has 0 amide bonds. The molecule has 0 aliphatic heterocycles. The maximum Gasteiger partial charge on any atom is 0.109 e. The second kappa shape index (κ2) is 5.91. The normalized spacial score (nSPS) is 11.5. The minimum absolute atomic E-state index is 0.785. The van der Waals surface area contributed by atoms with Gasteiger partial charge in [-0.15, -0.1) is 0 Å². The van der Waals surface area contributed by atoms with Crippen molar-refractivity contribution in [3.8, 4) is 0 Å². The summed E-state index contributed by atoms with van der Waals surface area (Å²) in [6, 6.07) is 30.6. The molecule has 0 radical (unpaired) electrons. The van der Waals surface area contributed by atoms with Gasteiger partial charge in [0.1, 0.15) is 5.54 Å². The van der Waals surface area contributed by atoms with Crippen LogP contribution in [0.3, 0.4) is 0 Å². The Balaban J connectivity index is 1.98. The number of hydrogen-bond donors (Lipinski definition) is 1. The highest BCUT2D eigenvalue weighted by Crippen LogP contribution is 2.34. The van der Waals surface area contributed by atoms with Crippen molar-refractivity contribution in [2.45, 2.75) is 5.54 Å². The lowest BCUT2D eigenvalue weighted by molar-refractivity contribution is 0.630. The van der Waals surface area contributed by atoms with E-state index in [1.54, 1.807) is 0 Å². The van der Waals surface area contributed by atoms with Crippen LogP contribution < -0.4 is 5.73 Å². The first-order valence-electron chi connectivity index (χ1n) is 8.04. The first-order valence-corrected chi connectivity index (χ1v) is 8.04. The summed E-state index contributed by atoms with van der Waals surface area (Å²) in [5.74, 6) is 0. The minimum Gasteiger partial charge on any atom is -0.313 e. The number of aromatic nitrogens is 1. The van der Waals surface area contributed by atoms with Crippen LogP contribution in [0.4, 0.5) is 0 Å². The highest BCUT2D eigenvalue weighted by molar-refractivity contribution is 5.82. The fourth-order valence-corrected chi connectivity index (χ4v) is 3.16. The molecule has 0 saturated carbocycles. The van der Waals surface area contributed by atoms with Gasteiger partial charge in [-0.25, -0.2) is 0 Å². The van der Waals surface area contributed by atoms with E-state index in [0.717, 1.165) is 27.6 Å². The van der Waals surface area contributed by atoms with Gasteiger partial charge in [0.25, 0.3) is 0 Å². The monoisotopic (exact) mass is 310 g/mol. The summed E-state index contributed by atoms with van der Waals surface area (Å²) in [4.78, 5) is 4.71. The summed E-state index contributed by atoms with van der Waals surface area (Å²) < 4.78 is 0. The van der Waals surface area contributed by atoms with Gasteiger partial charge in [-0.1, -0.05) is 84.9 Å². The lowest BCUT2D eigenvalue weighted by Gasteiger charge is -2.30. The zero-order valence-electron chi connectivity index (χ0n) is 13.3. The largest absolute Gasteiger partial charge is 0.313 e. The zero-order chi connectivity index (χ0) is 16.4. The van der Waals surface area contributed by atoms with Gasteiger partial charge in [0.05, 0.1) is 5.69 Å². The van der Waals surface area contributed by atoms with E-state index in [0.29, 0.717) is 0 Å². The van der Waals surface area contributed by atoms with E-state index in [2.05, 4.69) is 42.5 Å². The Labute approximate surface area is 141 Å². The van der Waals surface area contributed by atoms with Crippen molar-refractivity contribution in [2.24, 2.45) is 5.73 Å². The number of hydrogen-bond acceptors (Lipinski definition) is 2. The van der Waals surface area contributed by atoms with Gasteiger partial charge < -0.3 is 5.73 Å². The van der Waals surface area contributed by atoms with E-state index >= 15 is 0 Å². The molecule has 2 nitrogen and oxygen atoms in total. The summed E-state index contributed by atoms with van der Waals surface area (Å²) in [5, 5.41) is 2.26. The Hall–Kier alpha value is -2.97. The third-order valence-electron chi connectivity index (χ3n) is 4.49. The van der Waals surface area contributed by atoms with Crippen LogP contribution >= 0.6 is 0 Å². The number of rotatable bonds is 3. The predicted octanol–water partition coefficient (Wildman–Crippen LogP) is 4.49. The van der Waals surface area contributed by atoms with Gasteiger partial charge in [0.15, 0.2) is 0 Å². The van der Waals surface area contributed by atoms with Crippen LogP contribution in [0.25, 0.3) is 10.8 Å². The molecule has 3 aromatic carbocycles. The van der Waals surface area contributed by atoms with Crippen LogP contribution in [0.15, 0.2) is 97.2 Å². The first-order chi connectivity index (χ1) is 11.8. The molecule has 0 spiro atoms. The smallest absolute Gasteiger partial charge is 0.109 e. The summed E-state index contributed by atoms with van der Waals surface area (Å²) in [7, 11) is 0. The van der Waals surface area contributed by atoms with Crippen molar-refractivity contribution in [3.05, 3.63) is 114 Å². The molecule has 0 aliphatic carbocycles. The molecule has 1 aromatic heterocycles. The number of nitrogens with two attached hydrogens (primary N) is 1. The highest BCUT2D eigenvalue weighted by atomic mass is 14.8. The van der Waals surface area contributed by atoms with Gasteiger partial charge in [0.2, 0.25) is 0 Å². The Kier molecular flexibility index (Phi) is 3.60. The lowest BCUT2D eigenvalue weighted by atomic mass is 9.80. The molecule has 0 bridgehead atoms. The van der Waals surface area contributed by atoms with Crippen LogP contribution in [-0.2, 0) is 5.54 Å². The Morgan fingerprint density at radius 2 is 1.12 bits per heavy atom. The molecule has 0 fully saturated rings. The Morgan fingerprint density at radius 1 is 0.625 bits per heavy atom. The van der Waals surface area contributed by atoms with Gasteiger partial charge >= 0.3 is 0 Å². The van der Waals surface area contributed by atoms with Crippen LogP contribution in [0.1, 0.15) is 16.8 Å². The summed E-state index contributed by atoms with van der Waals surface area (Å²) in [5.41, 5.74) is 9.10. The average Bonchev–Trinajstić information content (AvgIpc) is 2.68. The molecule has 1 heterocycles. The molecule has 2 heteroatoms. The lowest BCUT2D eigenvalue weighted by Crippen LogP contribution is -2.40. The van der Waals surface area contributed by atoms with Crippen molar-refractivity contribution < 1.29 is 0 Å². The van der Waals surface area contributed by atoms with Gasteiger partial charge in [-0.2, -0.15) is 0 Å². The molecule has 0 aliphatic rings. The van der Waals surface area contributed by atoms with E-state index in [9.17, 15) is 0 Å². The summed E-state index contributed by atoms with van der Waals surface area (Å²) in [6.07, 6.45) is 1.90. The molecule has 4 rings (SSSR count). The molecule has 4 aromatic rings. The molecule has 0 unspecified atom stereocenters. The minimum atomic E-state index is -0.785. The second-order valence-electron chi connectivity index (χ2n) is 5.96. The number of fused-ring (bicyclic) bond motifs is 1. The number of pyridine rings is 1. The third-order valence-corrected chi connectivity index (χ3v) is 4.49. The zero-order valence-corrected chi connectivity index (χ0v) is 13.3. The maximum atomic E-state index is 6.99. The average molecular weight is 310 g/mol. The predicted molar refractivity (Wildman–Crippen MR) is 98.7 cm³/mol. The van der Waals surface area contributed by atoms with E-state index in [4.69, 9.17) is 10.7 Å². The fourth-order valence-electron chi connectivity index (χ4n) is 3.16. The SMILES string of the molecule is NC(c1ccccc1)(c1ccccc1)c1cc2ccccc2cn1. The van der Waals surface area contributed by atoms with E-state index in [-0.39, 0.29) is 0 Å². The summed E-state index contributed by atoms with van der Waals surface area (Å²) in [6.45, 7) is 0. The van der Waals surface area contributed by atoms with Crippen molar-refractivity contribution >= 4 is 10.8 Å². The van der Waals surface area contributed by atoms with Gasteiger partial charge in [-0.3, -0.25) is 4.98 Å². The topological polar surface area (TPSA) is 38.9 Å². The van der Waals surface area contributed by atoms with Crippen LogP contribution in [0, 0.1) is 0 Å². The maximum absolute atomic E-state index is 6.99. The van der Waals surface area contributed by atoms with Crippen LogP contribution in [0.5, 0.6) is 0 Å². The van der Waals surface area contributed by atoms with Gasteiger partial charge in [0, 0.05) is 11.6 Å². The summed E-state index contributed by atoms with van der Waals surface area (Å²) >= 11 is 0. The van der Waals surface area contributed by atoms with Crippen molar-refractivity contribution in [1.82, 2.24) is 4.98 Å². The number of nitrogens with zero attached hydrogens (tertiary/aromatic N) is 1. The Bertz CT molecular complexity index is 923. The number of benzene rings is 3. The molecular formula is C22H18N2. The Morgan fingerprint density at radius 3 is 1.71 bits per heavy atom. The third kappa shape index (κ3) is 2.38. The van der Waals surface area contributed by atoms with Crippen LogP contribution in [0.2, 0.25) is 0 Å². The molecule has 0 atom stereocenters. The highest BCUT2D eigenvalue weighted by Gasteiger charge is 2.33. The first kappa shape index (κ1) is 14.6. The van der Waals surface area contributed by atoms with E-state index in [1.165, 1.54) is 0 Å². The standard InChI is InChI=1S/C22H18N2/c23-22(19-11-3-1-4-12-19,20-13-5-2-6-14-20)21-15-17-9-7-8-10-18(17)16-24-21/h1-16H,23H2. The molecule has 2 N–H and O–H groups in total. The molecule has 116 valence electrons.